The number of hydrogen-bond donors (Lipinski definition) is 1. The van der Waals surface area contributed by atoms with Gasteiger partial charge in [0.05, 0.1) is 0 Å². The number of benzene rings is 1. The molecule has 106 valence electrons. The molecule has 0 saturated heterocycles. The smallest absolute Gasteiger partial charge is 0.223 e. The number of carbonyl (C=O) groups excluding carboxylic acids is 1. The van der Waals surface area contributed by atoms with Crippen LogP contribution < -0.4 is 5.32 Å². The van der Waals surface area contributed by atoms with E-state index in [1.807, 2.05) is 44.2 Å². The van der Waals surface area contributed by atoms with Crippen LogP contribution in [0.4, 0.5) is 0 Å². The van der Waals surface area contributed by atoms with Crippen LogP contribution in [-0.2, 0) is 11.3 Å². The number of carbonyl (C=O) groups is 1. The topological polar surface area (TPSA) is 29.1 Å². The molecule has 1 unspecified atom stereocenters. The van der Waals surface area contributed by atoms with Crippen molar-refractivity contribution < 1.29 is 4.79 Å². The van der Waals surface area contributed by atoms with Crippen LogP contribution in [0.3, 0.4) is 0 Å². The largest absolute Gasteiger partial charge is 0.352 e. The Morgan fingerprint density at radius 1 is 1.30 bits per heavy atom. The minimum Gasteiger partial charge on any atom is -0.352 e. The van der Waals surface area contributed by atoms with Crippen LogP contribution in [-0.4, -0.2) is 5.91 Å². The van der Waals surface area contributed by atoms with Gasteiger partial charge in [0.2, 0.25) is 5.91 Å². The molecule has 2 heteroatoms. The summed E-state index contributed by atoms with van der Waals surface area (Å²) in [6, 6.07) is 8.10. The first-order valence-corrected chi connectivity index (χ1v) is 6.94. The molecule has 0 aromatic heterocycles. The molecule has 0 fully saturated rings. The predicted molar refractivity (Wildman–Crippen MR) is 86.1 cm³/mol. The van der Waals surface area contributed by atoms with E-state index < -0.39 is 0 Å². The van der Waals surface area contributed by atoms with Crippen LogP contribution >= 0.6 is 0 Å². The van der Waals surface area contributed by atoms with Gasteiger partial charge in [-0.25, -0.2) is 0 Å². The quantitative estimate of drug-likeness (QED) is 0.742. The van der Waals surface area contributed by atoms with Crippen molar-refractivity contribution in [2.24, 2.45) is 5.92 Å². The second-order valence-corrected chi connectivity index (χ2v) is 4.79. The lowest BCUT2D eigenvalue weighted by Crippen LogP contribution is -2.28. The van der Waals surface area contributed by atoms with Gasteiger partial charge in [-0.15, -0.1) is 0 Å². The predicted octanol–water partition coefficient (Wildman–Crippen LogP) is 4.10. The molecule has 1 rings (SSSR count). The summed E-state index contributed by atoms with van der Waals surface area (Å²) in [7, 11) is 0. The van der Waals surface area contributed by atoms with Crippen molar-refractivity contribution in [3.63, 3.8) is 0 Å². The molecular weight excluding hydrogens is 246 g/mol. The van der Waals surface area contributed by atoms with Crippen molar-refractivity contribution >= 4 is 11.5 Å². The van der Waals surface area contributed by atoms with Gasteiger partial charge in [-0.05, 0) is 23.1 Å². The van der Waals surface area contributed by atoms with Crippen molar-refractivity contribution in [2.45, 2.75) is 26.8 Å². The van der Waals surface area contributed by atoms with E-state index >= 15 is 0 Å². The van der Waals surface area contributed by atoms with Gasteiger partial charge < -0.3 is 5.32 Å². The summed E-state index contributed by atoms with van der Waals surface area (Å²) in [6.45, 7) is 12.0. The molecule has 0 aliphatic heterocycles. The van der Waals surface area contributed by atoms with E-state index in [9.17, 15) is 4.79 Å². The Balaban J connectivity index is 2.68. The minimum atomic E-state index is 0.0668. The van der Waals surface area contributed by atoms with Crippen LogP contribution in [0.1, 0.15) is 31.4 Å². The van der Waals surface area contributed by atoms with E-state index in [-0.39, 0.29) is 11.8 Å². The molecule has 0 aliphatic rings. The maximum Gasteiger partial charge on any atom is 0.223 e. The molecule has 0 radical (unpaired) electrons. The third-order valence-electron chi connectivity index (χ3n) is 3.33. The molecule has 1 aromatic carbocycles. The van der Waals surface area contributed by atoms with E-state index in [2.05, 4.69) is 18.5 Å². The second kappa shape index (κ2) is 8.16. The Morgan fingerprint density at radius 3 is 2.45 bits per heavy atom. The lowest BCUT2D eigenvalue weighted by atomic mass is 10.0. The molecule has 0 aliphatic carbocycles. The van der Waals surface area contributed by atoms with Gasteiger partial charge in [-0.3, -0.25) is 4.79 Å². The van der Waals surface area contributed by atoms with Crippen molar-refractivity contribution in [3.8, 4) is 0 Å². The van der Waals surface area contributed by atoms with Crippen LogP contribution in [0.5, 0.6) is 0 Å². The van der Waals surface area contributed by atoms with Crippen LogP contribution in [0.25, 0.3) is 5.57 Å². The summed E-state index contributed by atoms with van der Waals surface area (Å²) in [6.07, 6.45) is 6.34. The Hall–Kier alpha value is -2.09. The van der Waals surface area contributed by atoms with Gasteiger partial charge in [0.25, 0.3) is 0 Å². The Morgan fingerprint density at radius 2 is 1.95 bits per heavy atom. The molecular formula is C18H23NO. The average Bonchev–Trinajstić information content (AvgIpc) is 2.50. The Labute approximate surface area is 121 Å². The molecule has 0 bridgehead atoms. The molecule has 2 nitrogen and oxygen atoms in total. The van der Waals surface area contributed by atoms with Gasteiger partial charge in [0.1, 0.15) is 0 Å². The van der Waals surface area contributed by atoms with Gasteiger partial charge >= 0.3 is 0 Å². The SMILES string of the molecule is C=C/C=C(\C=C)c1ccc(CNC(=O)C(C)CC)cc1. The van der Waals surface area contributed by atoms with E-state index in [1.165, 1.54) is 0 Å². The standard InChI is InChI=1S/C18H23NO/c1-5-8-16(7-3)17-11-9-15(10-12-17)13-19-18(20)14(4)6-2/h5,7-12,14H,1,3,6,13H2,2,4H3,(H,19,20)/b16-8+. The maximum atomic E-state index is 11.7. The fourth-order valence-electron chi connectivity index (χ4n) is 1.77. The van der Waals surface area contributed by atoms with Gasteiger partial charge in [0.15, 0.2) is 0 Å². The summed E-state index contributed by atoms with van der Waals surface area (Å²) >= 11 is 0. The molecule has 0 saturated carbocycles. The maximum absolute atomic E-state index is 11.7. The molecule has 1 aromatic rings. The highest BCUT2D eigenvalue weighted by Gasteiger charge is 2.09. The van der Waals surface area contributed by atoms with E-state index in [0.29, 0.717) is 6.54 Å². The first-order valence-electron chi connectivity index (χ1n) is 6.94. The first-order chi connectivity index (χ1) is 9.62. The molecule has 0 heterocycles. The highest BCUT2D eigenvalue weighted by molar-refractivity contribution is 5.78. The van der Waals surface area contributed by atoms with E-state index in [4.69, 9.17) is 0 Å². The summed E-state index contributed by atoms with van der Waals surface area (Å²) in [5.74, 6) is 0.173. The van der Waals surface area contributed by atoms with E-state index in [0.717, 1.165) is 23.1 Å². The van der Waals surface area contributed by atoms with Gasteiger partial charge in [-0.2, -0.15) is 0 Å². The van der Waals surface area contributed by atoms with Crippen LogP contribution in [0, 0.1) is 5.92 Å². The number of hydrogen-bond acceptors (Lipinski definition) is 1. The highest BCUT2D eigenvalue weighted by Crippen LogP contribution is 2.16. The third kappa shape index (κ3) is 4.54. The second-order valence-electron chi connectivity index (χ2n) is 4.79. The molecule has 1 N–H and O–H groups in total. The number of amides is 1. The fourth-order valence-corrected chi connectivity index (χ4v) is 1.77. The van der Waals surface area contributed by atoms with E-state index in [1.54, 1.807) is 12.2 Å². The summed E-state index contributed by atoms with van der Waals surface area (Å²) in [4.78, 5) is 11.7. The zero-order valence-corrected chi connectivity index (χ0v) is 12.4. The van der Waals surface area contributed by atoms with Crippen LogP contribution in [0.2, 0.25) is 0 Å². The summed E-state index contributed by atoms with van der Waals surface area (Å²) in [5, 5.41) is 2.95. The fraction of sp³-hybridized carbons (Fsp3) is 0.278. The minimum absolute atomic E-state index is 0.0668. The first kappa shape index (κ1) is 16.0. The van der Waals surface area contributed by atoms with Crippen molar-refractivity contribution in [1.29, 1.82) is 0 Å². The Kier molecular flexibility index (Phi) is 6.51. The van der Waals surface area contributed by atoms with Crippen molar-refractivity contribution in [2.75, 3.05) is 0 Å². The van der Waals surface area contributed by atoms with Crippen molar-refractivity contribution in [1.82, 2.24) is 5.32 Å². The van der Waals surface area contributed by atoms with Crippen molar-refractivity contribution in [3.05, 3.63) is 66.8 Å². The van der Waals surface area contributed by atoms with Crippen LogP contribution in [0.15, 0.2) is 55.7 Å². The Bertz CT molecular complexity index is 497. The number of nitrogens with one attached hydrogen (secondary N) is 1. The number of rotatable bonds is 7. The zero-order chi connectivity index (χ0) is 15.0. The molecule has 0 spiro atoms. The highest BCUT2D eigenvalue weighted by atomic mass is 16.1. The normalized spacial score (nSPS) is 12.6. The van der Waals surface area contributed by atoms with Gasteiger partial charge in [-0.1, -0.05) is 69.5 Å². The summed E-state index contributed by atoms with van der Waals surface area (Å²) in [5.41, 5.74) is 3.22. The molecule has 1 amide bonds. The molecule has 20 heavy (non-hydrogen) atoms. The average molecular weight is 269 g/mol. The summed E-state index contributed by atoms with van der Waals surface area (Å²) < 4.78 is 0. The number of allylic oxidation sites excluding steroid dienone is 4. The monoisotopic (exact) mass is 269 g/mol. The lowest BCUT2D eigenvalue weighted by Gasteiger charge is -2.10. The zero-order valence-electron chi connectivity index (χ0n) is 12.4. The lowest BCUT2D eigenvalue weighted by molar-refractivity contribution is -0.124. The van der Waals surface area contributed by atoms with Gasteiger partial charge in [0, 0.05) is 12.5 Å². The molecule has 1 atom stereocenters. The third-order valence-corrected chi connectivity index (χ3v) is 3.33.